The van der Waals surface area contributed by atoms with Gasteiger partial charge in [-0.2, -0.15) is 0 Å². The molecule has 2 aromatic carbocycles. The third-order valence-corrected chi connectivity index (χ3v) is 4.98. The number of benzene rings is 2. The fourth-order valence-corrected chi connectivity index (χ4v) is 3.38. The topological polar surface area (TPSA) is 72.7 Å². The number of nitrogens with one attached hydrogen (secondary N) is 2. The molecule has 7 nitrogen and oxygen atoms in total. The number of aryl methyl sites for hydroxylation is 2. The summed E-state index contributed by atoms with van der Waals surface area (Å²) in [6.07, 6.45) is 1.92. The maximum Gasteiger partial charge on any atom is 0.191 e. The van der Waals surface area contributed by atoms with Crippen molar-refractivity contribution in [1.29, 1.82) is 0 Å². The van der Waals surface area contributed by atoms with E-state index in [1.54, 1.807) is 14.2 Å². The molecule has 3 rings (SSSR count). The molecular formula is C23H32IN5O2. The van der Waals surface area contributed by atoms with E-state index in [9.17, 15) is 0 Å². The standard InChI is InChI=1S/C23H31N5O2.HI/c1-5-30-21-15-17(12-13-20(21)29-4)9-8-14-25-23(24-2)26-16-22-27-18-10-6-7-11-19(18)28(22)3;/h6-7,10-13,15H,5,8-9,14,16H2,1-4H3,(H2,24,25,26);1H. The molecule has 0 aliphatic rings. The number of hydrogen-bond acceptors (Lipinski definition) is 4. The zero-order chi connectivity index (χ0) is 21.3. The van der Waals surface area contributed by atoms with Gasteiger partial charge in [-0.3, -0.25) is 4.99 Å². The van der Waals surface area contributed by atoms with E-state index in [1.807, 2.05) is 38.2 Å². The Kier molecular flexibility index (Phi) is 9.90. The average molecular weight is 537 g/mol. The second kappa shape index (κ2) is 12.4. The zero-order valence-electron chi connectivity index (χ0n) is 18.6. The van der Waals surface area contributed by atoms with E-state index in [1.165, 1.54) is 5.56 Å². The van der Waals surface area contributed by atoms with Crippen molar-refractivity contribution in [2.24, 2.45) is 12.0 Å². The number of rotatable bonds is 9. The normalized spacial score (nSPS) is 11.2. The molecule has 0 bridgehead atoms. The number of halogens is 1. The molecule has 0 saturated carbocycles. The molecule has 3 aromatic rings. The van der Waals surface area contributed by atoms with Gasteiger partial charge in [-0.15, -0.1) is 24.0 Å². The van der Waals surface area contributed by atoms with Crippen LogP contribution in [0.15, 0.2) is 47.5 Å². The molecule has 0 fully saturated rings. The van der Waals surface area contributed by atoms with E-state index >= 15 is 0 Å². The van der Waals surface area contributed by atoms with Gasteiger partial charge in [-0.05, 0) is 49.6 Å². The SMILES string of the molecule is CCOc1cc(CCCNC(=NC)NCc2nc3ccccc3n2C)ccc1OC.I. The molecule has 168 valence electrons. The van der Waals surface area contributed by atoms with Gasteiger partial charge in [0.05, 0.1) is 31.3 Å². The minimum Gasteiger partial charge on any atom is -0.493 e. The second-order valence-corrected chi connectivity index (χ2v) is 6.95. The van der Waals surface area contributed by atoms with Crippen molar-refractivity contribution in [2.45, 2.75) is 26.3 Å². The minimum atomic E-state index is 0. The van der Waals surface area contributed by atoms with Gasteiger partial charge in [0, 0.05) is 20.6 Å². The lowest BCUT2D eigenvalue weighted by atomic mass is 10.1. The van der Waals surface area contributed by atoms with E-state index in [-0.39, 0.29) is 24.0 Å². The van der Waals surface area contributed by atoms with Gasteiger partial charge in [0.1, 0.15) is 5.82 Å². The third kappa shape index (κ3) is 6.49. The Morgan fingerprint density at radius 1 is 1.13 bits per heavy atom. The van der Waals surface area contributed by atoms with Crippen molar-refractivity contribution in [3.05, 3.63) is 53.9 Å². The Bertz CT molecular complexity index is 1000. The summed E-state index contributed by atoms with van der Waals surface area (Å²) in [6.45, 7) is 4.02. The Hall–Kier alpha value is -2.49. The summed E-state index contributed by atoms with van der Waals surface area (Å²) >= 11 is 0. The summed E-state index contributed by atoms with van der Waals surface area (Å²) in [7, 11) is 5.48. The largest absolute Gasteiger partial charge is 0.493 e. The lowest BCUT2D eigenvalue weighted by molar-refractivity contribution is 0.310. The van der Waals surface area contributed by atoms with Gasteiger partial charge in [-0.25, -0.2) is 4.98 Å². The Labute approximate surface area is 201 Å². The summed E-state index contributed by atoms with van der Waals surface area (Å²) in [5.74, 6) is 3.31. The van der Waals surface area contributed by atoms with Crippen LogP contribution in [0.3, 0.4) is 0 Å². The number of nitrogens with zero attached hydrogens (tertiary/aromatic N) is 3. The number of para-hydroxylation sites is 2. The van der Waals surface area contributed by atoms with Crippen LogP contribution in [0.25, 0.3) is 11.0 Å². The van der Waals surface area contributed by atoms with Crippen molar-refractivity contribution in [3.8, 4) is 11.5 Å². The quantitative estimate of drug-likeness (QED) is 0.188. The van der Waals surface area contributed by atoms with Crippen LogP contribution >= 0.6 is 24.0 Å². The average Bonchev–Trinajstić information content (AvgIpc) is 3.09. The Morgan fingerprint density at radius 2 is 1.94 bits per heavy atom. The fraction of sp³-hybridized carbons (Fsp3) is 0.391. The number of ether oxygens (including phenoxy) is 2. The Morgan fingerprint density at radius 3 is 2.65 bits per heavy atom. The van der Waals surface area contributed by atoms with Gasteiger partial charge in [-0.1, -0.05) is 18.2 Å². The lowest BCUT2D eigenvalue weighted by Crippen LogP contribution is -2.37. The van der Waals surface area contributed by atoms with E-state index in [0.29, 0.717) is 13.2 Å². The van der Waals surface area contributed by atoms with Gasteiger partial charge in [0.2, 0.25) is 0 Å². The molecule has 0 atom stereocenters. The van der Waals surface area contributed by atoms with Crippen LogP contribution in [0.5, 0.6) is 11.5 Å². The second-order valence-electron chi connectivity index (χ2n) is 6.95. The first kappa shape index (κ1) is 24.8. The predicted molar refractivity (Wildman–Crippen MR) is 137 cm³/mol. The molecule has 0 aliphatic carbocycles. The number of aliphatic imine (C=N–C) groups is 1. The molecule has 0 radical (unpaired) electrons. The van der Waals surface area contributed by atoms with Gasteiger partial charge < -0.3 is 24.7 Å². The van der Waals surface area contributed by atoms with Crippen LogP contribution in [-0.2, 0) is 20.0 Å². The third-order valence-electron chi connectivity index (χ3n) is 4.98. The minimum absolute atomic E-state index is 0. The van der Waals surface area contributed by atoms with Crippen molar-refractivity contribution in [3.63, 3.8) is 0 Å². The highest BCUT2D eigenvalue weighted by Crippen LogP contribution is 2.28. The number of hydrogen-bond donors (Lipinski definition) is 2. The monoisotopic (exact) mass is 537 g/mol. The van der Waals surface area contributed by atoms with Crippen LogP contribution in [0, 0.1) is 0 Å². The first-order valence-corrected chi connectivity index (χ1v) is 10.3. The number of methoxy groups -OCH3 is 1. The Balaban J connectivity index is 0.00000341. The molecular weight excluding hydrogens is 505 g/mol. The maximum absolute atomic E-state index is 5.66. The van der Waals surface area contributed by atoms with Gasteiger partial charge in [0.25, 0.3) is 0 Å². The van der Waals surface area contributed by atoms with Crippen molar-refractivity contribution < 1.29 is 9.47 Å². The molecule has 8 heteroatoms. The van der Waals surface area contributed by atoms with Crippen LogP contribution in [0.1, 0.15) is 24.7 Å². The highest BCUT2D eigenvalue weighted by molar-refractivity contribution is 14.0. The molecule has 0 spiro atoms. The van der Waals surface area contributed by atoms with Gasteiger partial charge >= 0.3 is 0 Å². The molecule has 2 N–H and O–H groups in total. The molecule has 0 saturated heterocycles. The number of guanidine groups is 1. The lowest BCUT2D eigenvalue weighted by Gasteiger charge is -2.13. The number of aromatic nitrogens is 2. The highest BCUT2D eigenvalue weighted by Gasteiger charge is 2.08. The van der Waals surface area contributed by atoms with E-state index in [4.69, 9.17) is 9.47 Å². The maximum atomic E-state index is 5.66. The molecule has 31 heavy (non-hydrogen) atoms. The van der Waals surface area contributed by atoms with Crippen LogP contribution in [0.4, 0.5) is 0 Å². The number of imidazole rings is 1. The van der Waals surface area contributed by atoms with Crippen LogP contribution in [-0.4, -0.2) is 42.8 Å². The summed E-state index contributed by atoms with van der Waals surface area (Å²) < 4.78 is 13.1. The smallest absolute Gasteiger partial charge is 0.191 e. The first-order chi connectivity index (χ1) is 14.7. The molecule has 0 unspecified atom stereocenters. The van der Waals surface area contributed by atoms with Crippen molar-refractivity contribution in [2.75, 3.05) is 27.3 Å². The van der Waals surface area contributed by atoms with Crippen LogP contribution < -0.4 is 20.1 Å². The summed E-state index contributed by atoms with van der Waals surface area (Å²) in [6, 6.07) is 14.2. The van der Waals surface area contributed by atoms with Crippen molar-refractivity contribution >= 4 is 41.0 Å². The van der Waals surface area contributed by atoms with Gasteiger partial charge in [0.15, 0.2) is 17.5 Å². The summed E-state index contributed by atoms with van der Waals surface area (Å²) in [5.41, 5.74) is 3.36. The molecule has 1 heterocycles. The van der Waals surface area contributed by atoms with E-state index < -0.39 is 0 Å². The summed E-state index contributed by atoms with van der Waals surface area (Å²) in [5, 5.41) is 6.72. The molecule has 1 aromatic heterocycles. The summed E-state index contributed by atoms with van der Waals surface area (Å²) in [4.78, 5) is 9.00. The van der Waals surface area contributed by atoms with E-state index in [0.717, 1.165) is 53.7 Å². The predicted octanol–water partition coefficient (Wildman–Crippen LogP) is 3.90. The zero-order valence-corrected chi connectivity index (χ0v) is 21.0. The molecule has 0 amide bonds. The number of fused-ring (bicyclic) bond motifs is 1. The van der Waals surface area contributed by atoms with Crippen molar-refractivity contribution in [1.82, 2.24) is 20.2 Å². The first-order valence-electron chi connectivity index (χ1n) is 10.3. The molecule has 0 aliphatic heterocycles. The fourth-order valence-electron chi connectivity index (χ4n) is 3.38. The van der Waals surface area contributed by atoms with E-state index in [2.05, 4.69) is 43.4 Å². The highest BCUT2D eigenvalue weighted by atomic mass is 127. The van der Waals surface area contributed by atoms with Crippen LogP contribution in [0.2, 0.25) is 0 Å².